The largest absolute Gasteiger partial charge is 0.491 e. The minimum atomic E-state index is -3.65. The fourth-order valence-corrected chi connectivity index (χ4v) is 3.90. The number of rotatable bonds is 5. The van der Waals surface area contributed by atoms with Crippen LogP contribution in [0.2, 0.25) is 0 Å². The summed E-state index contributed by atoms with van der Waals surface area (Å²) in [5.41, 5.74) is 1.54. The second-order valence-electron chi connectivity index (χ2n) is 6.99. The Morgan fingerprint density at radius 2 is 2.27 bits per heavy atom. The molecule has 0 spiro atoms. The number of nitrogens with one attached hydrogen (secondary N) is 1. The first-order valence-electron chi connectivity index (χ1n) is 9.49. The number of aryl methyl sites for hydroxylation is 1. The maximum atomic E-state index is 12.6. The van der Waals surface area contributed by atoms with E-state index in [2.05, 4.69) is 16.5 Å². The zero-order valence-corrected chi connectivity index (χ0v) is 17.0. The molecule has 2 aromatic rings. The quantitative estimate of drug-likeness (QED) is 0.691. The van der Waals surface area contributed by atoms with Gasteiger partial charge in [0.25, 0.3) is 16.0 Å². The average molecular weight is 432 g/mol. The van der Waals surface area contributed by atoms with Crippen molar-refractivity contribution in [1.29, 1.82) is 5.26 Å². The highest BCUT2D eigenvalue weighted by molar-refractivity contribution is 7.86. The Labute approximate surface area is 173 Å². The van der Waals surface area contributed by atoms with E-state index in [1.807, 2.05) is 0 Å². The molecule has 2 aliphatic heterocycles. The standard InChI is InChI=1S/C19H20N4O6S/c1-2-30(25,26)29-18-5-6-23-17(28-18)9-15(22-23)19(24)21-14-8-13-7-12(10-20)3-4-16(13)27-11-14/h3-4,7,9,14,18H,2,5-6,8,11H2,1H3,(H,21,24)/t14-,18?/m1/s1. The van der Waals surface area contributed by atoms with Gasteiger partial charge < -0.3 is 14.8 Å². The van der Waals surface area contributed by atoms with Crippen molar-refractivity contribution in [1.82, 2.24) is 15.1 Å². The van der Waals surface area contributed by atoms with E-state index in [1.54, 1.807) is 18.2 Å². The number of aromatic nitrogens is 2. The minimum Gasteiger partial charge on any atom is -0.491 e. The van der Waals surface area contributed by atoms with Crippen LogP contribution in [0.5, 0.6) is 11.6 Å². The number of hydrogen-bond donors (Lipinski definition) is 1. The van der Waals surface area contributed by atoms with E-state index < -0.39 is 22.3 Å². The van der Waals surface area contributed by atoms with E-state index >= 15 is 0 Å². The fourth-order valence-electron chi connectivity index (χ4n) is 3.30. The van der Waals surface area contributed by atoms with E-state index in [0.29, 0.717) is 37.3 Å². The molecule has 3 heterocycles. The van der Waals surface area contributed by atoms with Crippen molar-refractivity contribution in [2.45, 2.75) is 38.6 Å². The summed E-state index contributed by atoms with van der Waals surface area (Å²) in [6, 6.07) is 8.47. The molecule has 2 aliphatic rings. The van der Waals surface area contributed by atoms with E-state index in [-0.39, 0.29) is 23.4 Å². The third-order valence-corrected chi connectivity index (χ3v) is 6.06. The van der Waals surface area contributed by atoms with Gasteiger partial charge in [0.1, 0.15) is 12.4 Å². The lowest BCUT2D eigenvalue weighted by molar-refractivity contribution is -0.0234. The predicted octanol–water partition coefficient (Wildman–Crippen LogP) is 0.963. The van der Waals surface area contributed by atoms with Gasteiger partial charge >= 0.3 is 0 Å². The van der Waals surface area contributed by atoms with Crippen LogP contribution >= 0.6 is 0 Å². The van der Waals surface area contributed by atoms with E-state index in [1.165, 1.54) is 17.7 Å². The van der Waals surface area contributed by atoms with E-state index in [4.69, 9.17) is 18.9 Å². The van der Waals surface area contributed by atoms with Gasteiger partial charge in [-0.2, -0.15) is 18.8 Å². The second-order valence-corrected chi connectivity index (χ2v) is 8.87. The van der Waals surface area contributed by atoms with Crippen molar-refractivity contribution >= 4 is 16.0 Å². The summed E-state index contributed by atoms with van der Waals surface area (Å²) < 4.78 is 40.9. The molecule has 0 fully saturated rings. The molecule has 1 unspecified atom stereocenters. The van der Waals surface area contributed by atoms with Crippen LogP contribution < -0.4 is 14.8 Å². The number of benzene rings is 1. The first-order chi connectivity index (χ1) is 14.4. The van der Waals surface area contributed by atoms with Gasteiger partial charge in [-0.05, 0) is 37.1 Å². The Morgan fingerprint density at radius 3 is 3.03 bits per heavy atom. The lowest BCUT2D eigenvalue weighted by Gasteiger charge is -2.25. The fraction of sp³-hybridized carbons (Fsp3) is 0.421. The molecule has 30 heavy (non-hydrogen) atoms. The van der Waals surface area contributed by atoms with Gasteiger partial charge in [0.2, 0.25) is 12.2 Å². The molecule has 1 aromatic heterocycles. The number of carbonyl (C=O) groups excluding carboxylic acids is 1. The summed E-state index contributed by atoms with van der Waals surface area (Å²) in [6.45, 7) is 2.15. The van der Waals surface area contributed by atoms with Crippen LogP contribution in [-0.2, 0) is 27.3 Å². The first kappa shape index (κ1) is 20.2. The van der Waals surface area contributed by atoms with Gasteiger partial charge in [0, 0.05) is 12.5 Å². The summed E-state index contributed by atoms with van der Waals surface area (Å²) in [7, 11) is -3.65. The van der Waals surface area contributed by atoms with E-state index in [9.17, 15) is 13.2 Å². The second kappa shape index (κ2) is 7.97. The van der Waals surface area contributed by atoms with Gasteiger partial charge in [-0.25, -0.2) is 8.86 Å². The summed E-state index contributed by atoms with van der Waals surface area (Å²) >= 11 is 0. The normalized spacial score (nSPS) is 20.1. The number of fused-ring (bicyclic) bond motifs is 2. The molecule has 0 bridgehead atoms. The Morgan fingerprint density at radius 1 is 1.43 bits per heavy atom. The molecule has 10 nitrogen and oxygen atoms in total. The summed E-state index contributed by atoms with van der Waals surface area (Å²) in [5, 5.41) is 16.2. The molecular formula is C19H20N4O6S. The van der Waals surface area contributed by atoms with Crippen LogP contribution in [0.1, 0.15) is 35.0 Å². The monoisotopic (exact) mass is 432 g/mol. The molecule has 1 aromatic carbocycles. The number of nitrogens with zero attached hydrogens (tertiary/aromatic N) is 3. The van der Waals surface area contributed by atoms with Gasteiger partial charge in [0.15, 0.2) is 5.69 Å². The third kappa shape index (κ3) is 4.24. The van der Waals surface area contributed by atoms with Gasteiger partial charge in [0.05, 0.1) is 30.0 Å². The number of carbonyl (C=O) groups is 1. The Bertz CT molecular complexity index is 1120. The summed E-state index contributed by atoms with van der Waals surface area (Å²) in [4.78, 5) is 12.6. The highest BCUT2D eigenvalue weighted by Gasteiger charge is 2.29. The first-order valence-corrected chi connectivity index (χ1v) is 11.1. The number of amides is 1. The zero-order valence-electron chi connectivity index (χ0n) is 16.2. The van der Waals surface area contributed by atoms with Gasteiger partial charge in [-0.15, -0.1) is 0 Å². The topological polar surface area (TPSA) is 133 Å². The van der Waals surface area contributed by atoms with Crippen molar-refractivity contribution < 1.29 is 26.9 Å². The molecule has 4 rings (SSSR count). The molecule has 0 saturated heterocycles. The number of ether oxygens (including phenoxy) is 2. The lowest BCUT2D eigenvalue weighted by Crippen LogP contribution is -2.42. The van der Waals surface area contributed by atoms with Crippen molar-refractivity contribution in [2.24, 2.45) is 0 Å². The van der Waals surface area contributed by atoms with Crippen LogP contribution in [0.4, 0.5) is 0 Å². The van der Waals surface area contributed by atoms with Crippen molar-refractivity contribution in [2.75, 3.05) is 12.4 Å². The molecule has 11 heteroatoms. The van der Waals surface area contributed by atoms with Gasteiger partial charge in [-0.3, -0.25) is 4.79 Å². The maximum Gasteiger partial charge on any atom is 0.272 e. The highest BCUT2D eigenvalue weighted by Crippen LogP contribution is 2.27. The van der Waals surface area contributed by atoms with E-state index in [0.717, 1.165) is 5.56 Å². The molecule has 2 atom stereocenters. The molecule has 0 radical (unpaired) electrons. The highest BCUT2D eigenvalue weighted by atomic mass is 32.2. The molecular weight excluding hydrogens is 412 g/mol. The molecule has 0 saturated carbocycles. The molecule has 1 amide bonds. The average Bonchev–Trinajstić information content (AvgIpc) is 3.16. The van der Waals surface area contributed by atoms with Crippen LogP contribution in [0, 0.1) is 11.3 Å². The van der Waals surface area contributed by atoms with Crippen molar-refractivity contribution in [3.63, 3.8) is 0 Å². The van der Waals surface area contributed by atoms with Crippen LogP contribution in [0.15, 0.2) is 24.3 Å². The van der Waals surface area contributed by atoms with Crippen LogP contribution in [0.3, 0.4) is 0 Å². The number of nitriles is 1. The Balaban J connectivity index is 1.41. The summed E-state index contributed by atoms with van der Waals surface area (Å²) in [6.07, 6.45) is -0.109. The van der Waals surface area contributed by atoms with Crippen molar-refractivity contribution in [3.8, 4) is 17.7 Å². The predicted molar refractivity (Wildman–Crippen MR) is 103 cm³/mol. The van der Waals surface area contributed by atoms with Crippen molar-refractivity contribution in [3.05, 3.63) is 41.1 Å². The minimum absolute atomic E-state index is 0.151. The van der Waals surface area contributed by atoms with Crippen LogP contribution in [-0.4, -0.2) is 48.8 Å². The zero-order chi connectivity index (χ0) is 21.3. The van der Waals surface area contributed by atoms with Crippen LogP contribution in [0.25, 0.3) is 0 Å². The Kier molecular flexibility index (Phi) is 5.36. The third-order valence-electron chi connectivity index (χ3n) is 4.84. The smallest absolute Gasteiger partial charge is 0.272 e. The number of hydrogen-bond acceptors (Lipinski definition) is 8. The summed E-state index contributed by atoms with van der Waals surface area (Å²) in [5.74, 6) is 0.431. The molecule has 158 valence electrons. The Hall–Kier alpha value is -3.10. The lowest BCUT2D eigenvalue weighted by atomic mass is 10.0. The van der Waals surface area contributed by atoms with Gasteiger partial charge in [-0.1, -0.05) is 0 Å². The maximum absolute atomic E-state index is 12.6. The molecule has 1 N–H and O–H groups in total. The SMILES string of the molecule is CCS(=O)(=O)OC1CCn2nc(C(=O)N[C@H]3COc4ccc(C#N)cc4C3)cc2O1. The molecule has 0 aliphatic carbocycles.